The van der Waals surface area contributed by atoms with Crippen molar-refractivity contribution in [3.05, 3.63) is 34.9 Å². The molecular formula is C16H24N2O2. The van der Waals surface area contributed by atoms with Crippen LogP contribution in [0.2, 0.25) is 0 Å². The van der Waals surface area contributed by atoms with E-state index in [0.717, 1.165) is 6.54 Å². The number of hydrogen-bond acceptors (Lipinski definition) is 3. The van der Waals surface area contributed by atoms with Crippen LogP contribution < -0.4 is 5.32 Å². The molecule has 0 aromatic heterocycles. The SMILES string of the molecule is CCNC(CN1CCOCC1=O)c1cc(C)ccc1C. The Bertz CT molecular complexity index is 474. The summed E-state index contributed by atoms with van der Waals surface area (Å²) in [6.45, 7) is 9.46. The Labute approximate surface area is 121 Å². The number of likely N-dealkylation sites (N-methyl/N-ethyl adjacent to an activating group) is 1. The summed E-state index contributed by atoms with van der Waals surface area (Å²) >= 11 is 0. The highest BCUT2D eigenvalue weighted by molar-refractivity contribution is 5.78. The molecule has 1 aromatic rings. The highest BCUT2D eigenvalue weighted by atomic mass is 16.5. The Morgan fingerprint density at radius 3 is 2.90 bits per heavy atom. The molecule has 1 aliphatic heterocycles. The number of amides is 1. The van der Waals surface area contributed by atoms with Gasteiger partial charge in [0, 0.05) is 13.1 Å². The van der Waals surface area contributed by atoms with Gasteiger partial charge in [-0.1, -0.05) is 30.7 Å². The normalized spacial score (nSPS) is 17.4. The smallest absolute Gasteiger partial charge is 0.248 e. The zero-order valence-electron chi connectivity index (χ0n) is 12.6. The molecule has 1 unspecified atom stereocenters. The number of nitrogens with one attached hydrogen (secondary N) is 1. The number of nitrogens with zero attached hydrogens (tertiary/aromatic N) is 1. The molecule has 4 nitrogen and oxygen atoms in total. The summed E-state index contributed by atoms with van der Waals surface area (Å²) in [5.74, 6) is 0.0875. The van der Waals surface area contributed by atoms with Crippen LogP contribution in [0, 0.1) is 13.8 Å². The summed E-state index contributed by atoms with van der Waals surface area (Å²) in [5.41, 5.74) is 3.80. The molecule has 2 rings (SSSR count). The van der Waals surface area contributed by atoms with Gasteiger partial charge < -0.3 is 15.0 Å². The Morgan fingerprint density at radius 2 is 2.20 bits per heavy atom. The van der Waals surface area contributed by atoms with Crippen molar-refractivity contribution in [3.63, 3.8) is 0 Å². The molecule has 1 amide bonds. The van der Waals surface area contributed by atoms with Gasteiger partial charge in [0.15, 0.2) is 0 Å². The molecule has 1 saturated heterocycles. The monoisotopic (exact) mass is 276 g/mol. The van der Waals surface area contributed by atoms with Gasteiger partial charge in [0.05, 0.1) is 12.6 Å². The first-order valence-electron chi connectivity index (χ1n) is 7.28. The maximum Gasteiger partial charge on any atom is 0.248 e. The average Bonchev–Trinajstić information content (AvgIpc) is 2.43. The molecule has 0 aliphatic carbocycles. The Kier molecular flexibility index (Phi) is 5.15. The minimum Gasteiger partial charge on any atom is -0.370 e. The third kappa shape index (κ3) is 3.58. The number of morpholine rings is 1. The Hall–Kier alpha value is -1.39. The molecule has 1 fully saturated rings. The van der Waals surface area contributed by atoms with Crippen LogP contribution in [0.1, 0.15) is 29.7 Å². The van der Waals surface area contributed by atoms with Crippen LogP contribution in [0.5, 0.6) is 0 Å². The zero-order chi connectivity index (χ0) is 14.5. The molecular weight excluding hydrogens is 252 g/mol. The van der Waals surface area contributed by atoms with Crippen LogP contribution in [0.4, 0.5) is 0 Å². The molecule has 1 heterocycles. The highest BCUT2D eigenvalue weighted by Gasteiger charge is 2.23. The predicted molar refractivity (Wildman–Crippen MR) is 79.7 cm³/mol. The lowest BCUT2D eigenvalue weighted by atomic mass is 9.98. The number of rotatable bonds is 5. The van der Waals surface area contributed by atoms with E-state index in [1.807, 2.05) is 4.90 Å². The lowest BCUT2D eigenvalue weighted by molar-refractivity contribution is -0.143. The fourth-order valence-corrected chi connectivity index (χ4v) is 2.62. The van der Waals surface area contributed by atoms with E-state index in [1.165, 1.54) is 16.7 Å². The second kappa shape index (κ2) is 6.86. The van der Waals surface area contributed by atoms with Crippen molar-refractivity contribution >= 4 is 5.91 Å². The molecule has 0 radical (unpaired) electrons. The summed E-state index contributed by atoms with van der Waals surface area (Å²) in [6.07, 6.45) is 0. The Morgan fingerprint density at radius 1 is 1.40 bits per heavy atom. The van der Waals surface area contributed by atoms with Crippen molar-refractivity contribution in [1.29, 1.82) is 0 Å². The molecule has 1 aromatic carbocycles. The van der Waals surface area contributed by atoms with Gasteiger partial charge in [-0.2, -0.15) is 0 Å². The van der Waals surface area contributed by atoms with E-state index in [4.69, 9.17) is 4.74 Å². The van der Waals surface area contributed by atoms with Crippen molar-refractivity contribution in [2.75, 3.05) is 32.8 Å². The van der Waals surface area contributed by atoms with Crippen LogP contribution in [0.15, 0.2) is 18.2 Å². The molecule has 1 atom stereocenters. The third-order valence-electron chi connectivity index (χ3n) is 3.75. The van der Waals surface area contributed by atoms with E-state index < -0.39 is 0 Å². The van der Waals surface area contributed by atoms with E-state index in [2.05, 4.69) is 44.3 Å². The van der Waals surface area contributed by atoms with Gasteiger partial charge in [0.1, 0.15) is 6.61 Å². The lowest BCUT2D eigenvalue weighted by Crippen LogP contribution is -2.45. The van der Waals surface area contributed by atoms with E-state index in [-0.39, 0.29) is 18.6 Å². The number of carbonyl (C=O) groups excluding carboxylic acids is 1. The number of carbonyl (C=O) groups is 1. The largest absolute Gasteiger partial charge is 0.370 e. The molecule has 20 heavy (non-hydrogen) atoms. The van der Waals surface area contributed by atoms with E-state index >= 15 is 0 Å². The quantitative estimate of drug-likeness (QED) is 0.892. The summed E-state index contributed by atoms with van der Waals surface area (Å²) < 4.78 is 5.19. The van der Waals surface area contributed by atoms with Crippen molar-refractivity contribution < 1.29 is 9.53 Å². The van der Waals surface area contributed by atoms with Crippen molar-refractivity contribution in [3.8, 4) is 0 Å². The van der Waals surface area contributed by atoms with Gasteiger partial charge >= 0.3 is 0 Å². The number of hydrogen-bond donors (Lipinski definition) is 1. The predicted octanol–water partition coefficient (Wildman–Crippen LogP) is 1.81. The summed E-state index contributed by atoms with van der Waals surface area (Å²) in [5, 5.41) is 3.50. The number of ether oxygens (including phenoxy) is 1. The Balaban J connectivity index is 2.17. The lowest BCUT2D eigenvalue weighted by Gasteiger charge is -2.31. The van der Waals surface area contributed by atoms with Crippen LogP contribution in [-0.4, -0.2) is 43.7 Å². The van der Waals surface area contributed by atoms with Crippen molar-refractivity contribution in [1.82, 2.24) is 10.2 Å². The van der Waals surface area contributed by atoms with Gasteiger partial charge in [-0.3, -0.25) is 4.79 Å². The minimum absolute atomic E-state index is 0.0875. The first-order chi connectivity index (χ1) is 9.61. The zero-order valence-corrected chi connectivity index (χ0v) is 12.6. The number of benzene rings is 1. The molecule has 4 heteroatoms. The van der Waals surface area contributed by atoms with Crippen LogP contribution in [-0.2, 0) is 9.53 Å². The van der Waals surface area contributed by atoms with Gasteiger partial charge in [-0.15, -0.1) is 0 Å². The van der Waals surface area contributed by atoms with Gasteiger partial charge in [0.25, 0.3) is 0 Å². The van der Waals surface area contributed by atoms with Crippen LogP contribution in [0.25, 0.3) is 0 Å². The molecule has 1 N–H and O–H groups in total. The van der Waals surface area contributed by atoms with Gasteiger partial charge in [-0.05, 0) is 31.5 Å². The van der Waals surface area contributed by atoms with E-state index in [0.29, 0.717) is 19.7 Å². The minimum atomic E-state index is 0.0875. The fourth-order valence-electron chi connectivity index (χ4n) is 2.62. The van der Waals surface area contributed by atoms with E-state index in [1.54, 1.807) is 0 Å². The highest BCUT2D eigenvalue weighted by Crippen LogP contribution is 2.21. The topological polar surface area (TPSA) is 41.6 Å². The molecule has 1 aliphatic rings. The summed E-state index contributed by atoms with van der Waals surface area (Å²) in [4.78, 5) is 13.8. The van der Waals surface area contributed by atoms with Gasteiger partial charge in [0.2, 0.25) is 5.91 Å². The fraction of sp³-hybridized carbons (Fsp3) is 0.562. The van der Waals surface area contributed by atoms with Crippen molar-refractivity contribution in [2.45, 2.75) is 26.8 Å². The second-order valence-electron chi connectivity index (χ2n) is 5.36. The van der Waals surface area contributed by atoms with Crippen LogP contribution >= 0.6 is 0 Å². The second-order valence-corrected chi connectivity index (χ2v) is 5.36. The number of aryl methyl sites for hydroxylation is 2. The first-order valence-corrected chi connectivity index (χ1v) is 7.28. The summed E-state index contributed by atoms with van der Waals surface area (Å²) in [6, 6.07) is 6.67. The maximum atomic E-state index is 11.9. The first kappa shape index (κ1) is 15.0. The average molecular weight is 276 g/mol. The molecule has 110 valence electrons. The maximum absolute atomic E-state index is 11.9. The van der Waals surface area contributed by atoms with Gasteiger partial charge in [-0.25, -0.2) is 0 Å². The third-order valence-corrected chi connectivity index (χ3v) is 3.75. The summed E-state index contributed by atoms with van der Waals surface area (Å²) in [7, 11) is 0. The van der Waals surface area contributed by atoms with Crippen LogP contribution in [0.3, 0.4) is 0 Å². The molecule has 0 bridgehead atoms. The van der Waals surface area contributed by atoms with Crippen molar-refractivity contribution in [2.24, 2.45) is 0 Å². The molecule has 0 spiro atoms. The standard InChI is InChI=1S/C16H24N2O2/c1-4-17-15(10-18-7-8-20-11-16(18)19)14-9-12(2)5-6-13(14)3/h5-6,9,15,17H,4,7-8,10-11H2,1-3H3. The van der Waals surface area contributed by atoms with E-state index in [9.17, 15) is 4.79 Å². The molecule has 0 saturated carbocycles.